The molecule has 106 valence electrons. The first-order valence-electron chi connectivity index (χ1n) is 7.32. The molecule has 0 saturated carbocycles. The van der Waals surface area contributed by atoms with Crippen molar-refractivity contribution in [2.24, 2.45) is 0 Å². The zero-order chi connectivity index (χ0) is 13.8. The molecule has 0 aliphatic heterocycles. The number of rotatable bonds is 6. The molecular formula is C17H21NOS. The Hall–Kier alpha value is -1.32. The van der Waals surface area contributed by atoms with Crippen LogP contribution in [0.2, 0.25) is 0 Å². The first-order chi connectivity index (χ1) is 9.88. The Morgan fingerprint density at radius 1 is 1.30 bits per heavy atom. The maximum atomic E-state index is 6.37. The molecular weight excluding hydrogens is 266 g/mol. The fourth-order valence-corrected chi connectivity index (χ4v) is 3.58. The lowest BCUT2D eigenvalue weighted by Crippen LogP contribution is -2.16. The van der Waals surface area contributed by atoms with Crippen molar-refractivity contribution in [3.63, 3.8) is 0 Å². The lowest BCUT2D eigenvalue weighted by atomic mass is 10.1. The van der Waals surface area contributed by atoms with Crippen molar-refractivity contribution in [1.29, 1.82) is 0 Å². The maximum Gasteiger partial charge on any atom is 0.126 e. The van der Waals surface area contributed by atoms with E-state index in [1.54, 1.807) is 11.3 Å². The van der Waals surface area contributed by atoms with Crippen molar-refractivity contribution in [2.75, 3.05) is 13.6 Å². The fraction of sp³-hybridized carbons (Fsp3) is 0.412. The Balaban J connectivity index is 1.81. The summed E-state index contributed by atoms with van der Waals surface area (Å²) in [6, 6.07) is 8.67. The molecule has 2 nitrogen and oxygen atoms in total. The molecule has 3 heteroatoms. The quantitative estimate of drug-likeness (QED) is 0.868. The Kier molecular flexibility index (Phi) is 4.38. The lowest BCUT2D eigenvalue weighted by molar-refractivity contribution is 0.193. The standard InChI is InChI=1S/C17H21NOS/c1-18-10-8-16(14-9-11-20-12-14)19-17-7-3-5-13-4-2-6-15(13)17/h3,5,7,9,11-12,16,18H,2,4,6,8,10H2,1H3. The van der Waals surface area contributed by atoms with Gasteiger partial charge in [-0.1, -0.05) is 12.1 Å². The predicted octanol–water partition coefficient (Wildman–Crippen LogP) is 3.97. The van der Waals surface area contributed by atoms with E-state index in [1.165, 1.54) is 29.5 Å². The molecule has 1 N–H and O–H groups in total. The second-order valence-electron chi connectivity index (χ2n) is 5.30. The summed E-state index contributed by atoms with van der Waals surface area (Å²) in [4.78, 5) is 0. The molecule has 0 amide bonds. The Labute approximate surface area is 124 Å². The van der Waals surface area contributed by atoms with E-state index in [-0.39, 0.29) is 6.10 Å². The van der Waals surface area contributed by atoms with Crippen molar-refractivity contribution in [3.8, 4) is 5.75 Å². The molecule has 1 unspecified atom stereocenters. The third-order valence-corrected chi connectivity index (χ3v) is 4.65. The third kappa shape index (κ3) is 2.89. The van der Waals surface area contributed by atoms with Crippen molar-refractivity contribution in [3.05, 3.63) is 51.7 Å². The van der Waals surface area contributed by atoms with Crippen LogP contribution in [0.15, 0.2) is 35.0 Å². The first kappa shape index (κ1) is 13.7. The normalized spacial score (nSPS) is 15.1. The summed E-state index contributed by atoms with van der Waals surface area (Å²) in [6.45, 7) is 0.968. The van der Waals surface area contributed by atoms with E-state index in [0.717, 1.165) is 25.1 Å². The van der Waals surface area contributed by atoms with Crippen LogP contribution in [0.3, 0.4) is 0 Å². The molecule has 1 atom stereocenters. The summed E-state index contributed by atoms with van der Waals surface area (Å²) in [5.41, 5.74) is 4.19. The molecule has 1 aromatic heterocycles. The number of benzene rings is 1. The number of fused-ring (bicyclic) bond motifs is 1. The van der Waals surface area contributed by atoms with Crippen LogP contribution < -0.4 is 10.1 Å². The summed E-state index contributed by atoms with van der Waals surface area (Å²) in [5.74, 6) is 1.09. The van der Waals surface area contributed by atoms with Gasteiger partial charge in [-0.3, -0.25) is 0 Å². The van der Waals surface area contributed by atoms with Gasteiger partial charge in [0.05, 0.1) is 0 Å². The van der Waals surface area contributed by atoms with Crippen LogP contribution in [0.5, 0.6) is 5.75 Å². The molecule has 1 heterocycles. The Morgan fingerprint density at radius 2 is 2.25 bits per heavy atom. The van der Waals surface area contributed by atoms with Crippen LogP contribution in [0.25, 0.3) is 0 Å². The molecule has 0 saturated heterocycles. The first-order valence-corrected chi connectivity index (χ1v) is 8.27. The number of hydrogen-bond acceptors (Lipinski definition) is 3. The van der Waals surface area contributed by atoms with Crippen LogP contribution in [-0.2, 0) is 12.8 Å². The molecule has 1 aliphatic carbocycles. The van der Waals surface area contributed by atoms with Gasteiger partial charge in [0, 0.05) is 12.0 Å². The van der Waals surface area contributed by atoms with Crippen molar-refractivity contribution < 1.29 is 4.74 Å². The monoisotopic (exact) mass is 287 g/mol. The number of ether oxygens (including phenoxy) is 1. The van der Waals surface area contributed by atoms with Gasteiger partial charge >= 0.3 is 0 Å². The summed E-state index contributed by atoms with van der Waals surface area (Å²) >= 11 is 1.74. The van der Waals surface area contributed by atoms with Gasteiger partial charge in [0.1, 0.15) is 11.9 Å². The molecule has 3 rings (SSSR count). The molecule has 1 aliphatic rings. The Morgan fingerprint density at radius 3 is 3.05 bits per heavy atom. The highest BCUT2D eigenvalue weighted by Gasteiger charge is 2.19. The molecule has 0 bridgehead atoms. The number of thiophene rings is 1. The summed E-state index contributed by atoms with van der Waals surface area (Å²) in [5, 5.41) is 7.55. The SMILES string of the molecule is CNCCC(Oc1cccc2c1CCC2)c1ccsc1. The zero-order valence-corrected chi connectivity index (χ0v) is 12.7. The van der Waals surface area contributed by atoms with Crippen LogP contribution >= 0.6 is 11.3 Å². The second-order valence-corrected chi connectivity index (χ2v) is 6.08. The van der Waals surface area contributed by atoms with Gasteiger partial charge in [0.15, 0.2) is 0 Å². The van der Waals surface area contributed by atoms with E-state index in [0.29, 0.717) is 0 Å². The van der Waals surface area contributed by atoms with Gasteiger partial charge in [-0.2, -0.15) is 11.3 Å². The van der Waals surface area contributed by atoms with Crippen LogP contribution in [0, 0.1) is 0 Å². The van der Waals surface area contributed by atoms with Gasteiger partial charge in [-0.25, -0.2) is 0 Å². The van der Waals surface area contributed by atoms with Crippen LogP contribution in [-0.4, -0.2) is 13.6 Å². The molecule has 1 aromatic carbocycles. The summed E-state index contributed by atoms with van der Waals surface area (Å²) in [6.07, 6.45) is 4.77. The van der Waals surface area contributed by atoms with Gasteiger partial charge in [-0.05, 0) is 66.9 Å². The highest BCUT2D eigenvalue weighted by molar-refractivity contribution is 7.07. The van der Waals surface area contributed by atoms with Crippen LogP contribution in [0.1, 0.15) is 35.6 Å². The average Bonchev–Trinajstić information content (AvgIpc) is 3.14. The minimum absolute atomic E-state index is 0.154. The zero-order valence-electron chi connectivity index (χ0n) is 11.9. The van der Waals surface area contributed by atoms with Gasteiger partial charge in [-0.15, -0.1) is 0 Å². The van der Waals surface area contributed by atoms with Crippen molar-refractivity contribution >= 4 is 11.3 Å². The highest BCUT2D eigenvalue weighted by Crippen LogP contribution is 2.34. The topological polar surface area (TPSA) is 21.3 Å². The van der Waals surface area contributed by atoms with E-state index < -0.39 is 0 Å². The molecule has 0 radical (unpaired) electrons. The number of aryl methyl sites for hydroxylation is 1. The van der Waals surface area contributed by atoms with Gasteiger partial charge in [0.25, 0.3) is 0 Å². The molecule has 2 aromatic rings. The minimum atomic E-state index is 0.154. The number of nitrogens with one attached hydrogen (secondary N) is 1. The highest BCUT2D eigenvalue weighted by atomic mass is 32.1. The molecule has 0 spiro atoms. The van der Waals surface area contributed by atoms with E-state index in [2.05, 4.69) is 40.3 Å². The van der Waals surface area contributed by atoms with Gasteiger partial charge in [0.2, 0.25) is 0 Å². The molecule has 20 heavy (non-hydrogen) atoms. The minimum Gasteiger partial charge on any atom is -0.485 e. The van der Waals surface area contributed by atoms with E-state index in [1.807, 2.05) is 7.05 Å². The number of hydrogen-bond donors (Lipinski definition) is 1. The van der Waals surface area contributed by atoms with E-state index in [4.69, 9.17) is 4.74 Å². The fourth-order valence-electron chi connectivity index (χ4n) is 2.88. The van der Waals surface area contributed by atoms with E-state index in [9.17, 15) is 0 Å². The second kappa shape index (κ2) is 6.42. The summed E-state index contributed by atoms with van der Waals surface area (Å²) < 4.78 is 6.37. The van der Waals surface area contributed by atoms with Crippen molar-refractivity contribution in [1.82, 2.24) is 5.32 Å². The largest absolute Gasteiger partial charge is 0.485 e. The summed E-state index contributed by atoms with van der Waals surface area (Å²) in [7, 11) is 1.99. The van der Waals surface area contributed by atoms with Crippen LogP contribution in [0.4, 0.5) is 0 Å². The van der Waals surface area contributed by atoms with Gasteiger partial charge < -0.3 is 10.1 Å². The lowest BCUT2D eigenvalue weighted by Gasteiger charge is -2.20. The smallest absolute Gasteiger partial charge is 0.126 e. The average molecular weight is 287 g/mol. The van der Waals surface area contributed by atoms with E-state index >= 15 is 0 Å². The molecule has 0 fully saturated rings. The third-order valence-electron chi connectivity index (χ3n) is 3.94. The predicted molar refractivity (Wildman–Crippen MR) is 84.7 cm³/mol. The van der Waals surface area contributed by atoms with Crippen molar-refractivity contribution in [2.45, 2.75) is 31.8 Å². The Bertz CT molecular complexity index is 550. The maximum absolute atomic E-state index is 6.37.